The molecule has 2 rings (SSSR count). The van der Waals surface area contributed by atoms with Gasteiger partial charge in [0.1, 0.15) is 0 Å². The van der Waals surface area contributed by atoms with Gasteiger partial charge in [0, 0.05) is 43.3 Å². The molecule has 5 nitrogen and oxygen atoms in total. The van der Waals surface area contributed by atoms with Crippen molar-refractivity contribution < 1.29 is 0 Å². The second-order valence-corrected chi connectivity index (χ2v) is 6.13. The van der Waals surface area contributed by atoms with Gasteiger partial charge in [-0.25, -0.2) is 4.79 Å². The monoisotopic (exact) mass is 307 g/mol. The van der Waals surface area contributed by atoms with Gasteiger partial charge in [0.05, 0.1) is 0 Å². The Kier molecular flexibility index (Phi) is 5.14. The normalized spacial score (nSPS) is 12.5. The Hall–Kier alpha value is -1.66. The van der Waals surface area contributed by atoms with Crippen LogP contribution in [-0.2, 0) is 20.6 Å². The van der Waals surface area contributed by atoms with E-state index in [-0.39, 0.29) is 17.3 Å². The SMILES string of the molecule is CCCC(NCc1cn(C)c(=O)n(C)c1=O)c1cccs1. The minimum absolute atomic E-state index is 0.230. The van der Waals surface area contributed by atoms with Crippen molar-refractivity contribution in [3.05, 3.63) is 55.0 Å². The van der Waals surface area contributed by atoms with Gasteiger partial charge in [-0.05, 0) is 17.9 Å². The fourth-order valence-electron chi connectivity index (χ4n) is 2.36. The molecule has 0 aliphatic heterocycles. The van der Waals surface area contributed by atoms with Crippen molar-refractivity contribution in [1.29, 1.82) is 0 Å². The van der Waals surface area contributed by atoms with Gasteiger partial charge in [0.25, 0.3) is 5.56 Å². The van der Waals surface area contributed by atoms with Gasteiger partial charge < -0.3 is 9.88 Å². The van der Waals surface area contributed by atoms with Crippen LogP contribution >= 0.6 is 11.3 Å². The highest BCUT2D eigenvalue weighted by molar-refractivity contribution is 7.10. The zero-order chi connectivity index (χ0) is 15.4. The quantitative estimate of drug-likeness (QED) is 0.885. The molecule has 0 radical (unpaired) electrons. The average Bonchev–Trinajstić information content (AvgIpc) is 3.00. The molecule has 2 aromatic rings. The number of nitrogens with one attached hydrogen (secondary N) is 1. The first-order valence-electron chi connectivity index (χ1n) is 7.07. The van der Waals surface area contributed by atoms with Crippen LogP contribution in [0.25, 0.3) is 0 Å². The van der Waals surface area contributed by atoms with Crippen LogP contribution in [0.4, 0.5) is 0 Å². The van der Waals surface area contributed by atoms with Gasteiger partial charge in [-0.15, -0.1) is 11.3 Å². The van der Waals surface area contributed by atoms with E-state index in [1.807, 2.05) is 6.07 Å². The average molecular weight is 307 g/mol. The van der Waals surface area contributed by atoms with E-state index < -0.39 is 0 Å². The zero-order valence-corrected chi connectivity index (χ0v) is 13.4. The molecule has 0 bridgehead atoms. The third-order valence-electron chi connectivity index (χ3n) is 3.52. The van der Waals surface area contributed by atoms with Gasteiger partial charge in [0.15, 0.2) is 0 Å². The Morgan fingerprint density at radius 3 is 2.71 bits per heavy atom. The van der Waals surface area contributed by atoms with Crippen molar-refractivity contribution in [3.63, 3.8) is 0 Å². The second-order valence-electron chi connectivity index (χ2n) is 5.15. The molecule has 1 atom stereocenters. The van der Waals surface area contributed by atoms with Crippen LogP contribution < -0.4 is 16.6 Å². The topological polar surface area (TPSA) is 56.0 Å². The van der Waals surface area contributed by atoms with Gasteiger partial charge >= 0.3 is 5.69 Å². The highest BCUT2D eigenvalue weighted by Crippen LogP contribution is 2.23. The predicted molar refractivity (Wildman–Crippen MR) is 85.7 cm³/mol. The van der Waals surface area contributed by atoms with Crippen LogP contribution in [-0.4, -0.2) is 9.13 Å². The lowest BCUT2D eigenvalue weighted by Gasteiger charge is -2.17. The van der Waals surface area contributed by atoms with Crippen LogP contribution in [0.5, 0.6) is 0 Å². The molecule has 2 heterocycles. The molecular formula is C15H21N3O2S. The third-order valence-corrected chi connectivity index (χ3v) is 4.51. The molecular weight excluding hydrogens is 286 g/mol. The maximum atomic E-state index is 12.1. The van der Waals surface area contributed by atoms with Crippen LogP contribution in [0.15, 0.2) is 33.3 Å². The standard InChI is InChI=1S/C15H21N3O2S/c1-4-6-12(13-7-5-8-21-13)16-9-11-10-17(2)15(20)18(3)14(11)19/h5,7-8,10,12,16H,4,6,9H2,1-3H3. The molecule has 1 N–H and O–H groups in total. The summed E-state index contributed by atoms with van der Waals surface area (Å²) in [6.45, 7) is 2.61. The number of rotatable bonds is 6. The number of nitrogens with zero attached hydrogens (tertiary/aromatic N) is 2. The first-order valence-corrected chi connectivity index (χ1v) is 7.95. The van der Waals surface area contributed by atoms with Crippen molar-refractivity contribution in [2.75, 3.05) is 0 Å². The summed E-state index contributed by atoms with van der Waals surface area (Å²) < 4.78 is 2.59. The number of thiophene rings is 1. The van der Waals surface area contributed by atoms with E-state index in [1.165, 1.54) is 16.5 Å². The fourth-order valence-corrected chi connectivity index (χ4v) is 3.20. The molecule has 0 fully saturated rings. The van der Waals surface area contributed by atoms with Crippen LogP contribution in [0.2, 0.25) is 0 Å². The third kappa shape index (κ3) is 3.51. The molecule has 0 saturated heterocycles. The van der Waals surface area contributed by atoms with Gasteiger partial charge in [-0.1, -0.05) is 19.4 Å². The fraction of sp³-hybridized carbons (Fsp3) is 0.467. The van der Waals surface area contributed by atoms with Crippen molar-refractivity contribution in [2.45, 2.75) is 32.4 Å². The summed E-state index contributed by atoms with van der Waals surface area (Å²) in [6, 6.07) is 4.39. The Labute approximate surface area is 127 Å². The van der Waals surface area contributed by atoms with Gasteiger partial charge in [-0.2, -0.15) is 0 Å². The minimum Gasteiger partial charge on any atom is -0.305 e. The molecule has 21 heavy (non-hydrogen) atoms. The lowest BCUT2D eigenvalue weighted by Crippen LogP contribution is -2.39. The summed E-state index contributed by atoms with van der Waals surface area (Å²) in [4.78, 5) is 25.1. The maximum Gasteiger partial charge on any atom is 0.330 e. The van der Waals surface area contributed by atoms with Crippen LogP contribution in [0, 0.1) is 0 Å². The summed E-state index contributed by atoms with van der Waals surface area (Å²) in [5.74, 6) is 0. The molecule has 0 saturated carbocycles. The van der Waals surface area contributed by atoms with E-state index in [0.717, 1.165) is 17.4 Å². The molecule has 0 aliphatic rings. The number of aromatic nitrogens is 2. The number of aryl methyl sites for hydroxylation is 1. The van der Waals surface area contributed by atoms with Crippen LogP contribution in [0.1, 0.15) is 36.2 Å². The summed E-state index contributed by atoms with van der Waals surface area (Å²) in [6.07, 6.45) is 3.71. The molecule has 0 amide bonds. The number of hydrogen-bond donors (Lipinski definition) is 1. The summed E-state index contributed by atoms with van der Waals surface area (Å²) >= 11 is 1.72. The first kappa shape index (κ1) is 15.7. The van der Waals surface area contributed by atoms with Crippen molar-refractivity contribution in [2.24, 2.45) is 14.1 Å². The van der Waals surface area contributed by atoms with E-state index in [1.54, 1.807) is 24.6 Å². The van der Waals surface area contributed by atoms with E-state index in [9.17, 15) is 9.59 Å². The summed E-state index contributed by atoms with van der Waals surface area (Å²) in [5, 5.41) is 5.50. The second kappa shape index (κ2) is 6.87. The van der Waals surface area contributed by atoms with Crippen molar-refractivity contribution >= 4 is 11.3 Å². The largest absolute Gasteiger partial charge is 0.330 e. The molecule has 0 spiro atoms. The highest BCUT2D eigenvalue weighted by Gasteiger charge is 2.13. The lowest BCUT2D eigenvalue weighted by molar-refractivity contribution is 0.494. The minimum atomic E-state index is -0.299. The maximum absolute atomic E-state index is 12.1. The number of hydrogen-bond acceptors (Lipinski definition) is 4. The molecule has 1 unspecified atom stereocenters. The lowest BCUT2D eigenvalue weighted by atomic mass is 10.1. The van der Waals surface area contributed by atoms with E-state index in [4.69, 9.17) is 0 Å². The molecule has 2 aromatic heterocycles. The summed E-state index contributed by atoms with van der Waals surface area (Å²) in [7, 11) is 3.17. The first-order chi connectivity index (χ1) is 10.0. The predicted octanol–water partition coefficient (Wildman–Crippen LogP) is 1.78. The molecule has 6 heteroatoms. The van der Waals surface area contributed by atoms with Gasteiger partial charge in [0.2, 0.25) is 0 Å². The molecule has 0 aromatic carbocycles. The van der Waals surface area contributed by atoms with Crippen molar-refractivity contribution in [3.8, 4) is 0 Å². The Bertz CT molecular complexity index is 701. The van der Waals surface area contributed by atoms with Crippen LogP contribution in [0.3, 0.4) is 0 Å². The van der Waals surface area contributed by atoms with Gasteiger partial charge in [-0.3, -0.25) is 9.36 Å². The molecule has 114 valence electrons. The summed E-state index contributed by atoms with van der Waals surface area (Å²) in [5.41, 5.74) is 0.0800. The Morgan fingerprint density at radius 2 is 2.10 bits per heavy atom. The van der Waals surface area contributed by atoms with E-state index >= 15 is 0 Å². The smallest absolute Gasteiger partial charge is 0.305 e. The van der Waals surface area contributed by atoms with Crippen molar-refractivity contribution in [1.82, 2.24) is 14.5 Å². The highest BCUT2D eigenvalue weighted by atomic mass is 32.1. The van der Waals surface area contributed by atoms with E-state index in [2.05, 4.69) is 23.7 Å². The Balaban J connectivity index is 2.19. The molecule has 0 aliphatic carbocycles. The van der Waals surface area contributed by atoms with E-state index in [0.29, 0.717) is 12.1 Å². The zero-order valence-electron chi connectivity index (χ0n) is 12.6. The Morgan fingerprint density at radius 1 is 1.33 bits per heavy atom.